The Balaban J connectivity index is 2.27. The van der Waals surface area contributed by atoms with Crippen molar-refractivity contribution in [2.45, 2.75) is 53.3 Å². The van der Waals surface area contributed by atoms with Crippen LogP contribution in [0.15, 0.2) is 24.4 Å². The van der Waals surface area contributed by atoms with Gasteiger partial charge in [0.15, 0.2) is 0 Å². The van der Waals surface area contributed by atoms with Gasteiger partial charge in [-0.1, -0.05) is 33.8 Å². The predicted molar refractivity (Wildman–Crippen MR) is 105 cm³/mol. The molecular formula is C20H32N4O2. The van der Waals surface area contributed by atoms with Crippen LogP contribution in [-0.2, 0) is 13.0 Å². The van der Waals surface area contributed by atoms with Gasteiger partial charge in [-0.05, 0) is 55.6 Å². The number of fused-ring (bicyclic) bond motifs is 1. The zero-order chi connectivity index (χ0) is 19.1. The monoisotopic (exact) mass is 360 g/mol. The van der Waals surface area contributed by atoms with Gasteiger partial charge in [-0.2, -0.15) is 5.48 Å². The molecule has 0 radical (unpaired) electrons. The molecule has 0 fully saturated rings. The molecular weight excluding hydrogens is 328 g/mol. The summed E-state index contributed by atoms with van der Waals surface area (Å²) in [6.45, 7) is 11.9. The van der Waals surface area contributed by atoms with Crippen LogP contribution in [0.25, 0.3) is 11.7 Å². The normalized spacial score (nSPS) is 13.5. The summed E-state index contributed by atoms with van der Waals surface area (Å²) in [4.78, 5) is 7.27. The van der Waals surface area contributed by atoms with Crippen molar-refractivity contribution in [2.24, 2.45) is 5.92 Å². The third kappa shape index (κ3) is 5.38. The Bertz CT molecular complexity index is 724. The lowest BCUT2D eigenvalue weighted by atomic mass is 10.1. The third-order valence-electron chi connectivity index (χ3n) is 4.61. The van der Waals surface area contributed by atoms with E-state index in [2.05, 4.69) is 37.0 Å². The molecule has 26 heavy (non-hydrogen) atoms. The molecule has 1 atom stereocenters. The number of pyridine rings is 1. The van der Waals surface area contributed by atoms with Crippen molar-refractivity contribution < 1.29 is 10.3 Å². The van der Waals surface area contributed by atoms with Crippen LogP contribution in [0, 0.1) is 5.92 Å². The maximum Gasteiger partial charge on any atom is 0.146 e. The molecule has 0 bridgehead atoms. The Kier molecular flexibility index (Phi) is 7.78. The topological polar surface area (TPSA) is 73.0 Å². The quantitative estimate of drug-likeness (QED) is 0.449. The van der Waals surface area contributed by atoms with Gasteiger partial charge >= 0.3 is 0 Å². The number of aliphatic hydroxyl groups is 1. The van der Waals surface area contributed by atoms with Crippen molar-refractivity contribution in [1.82, 2.24) is 19.8 Å². The van der Waals surface area contributed by atoms with E-state index >= 15 is 0 Å². The second kappa shape index (κ2) is 9.83. The molecule has 2 heterocycles. The van der Waals surface area contributed by atoms with Gasteiger partial charge in [-0.3, -0.25) is 4.90 Å². The summed E-state index contributed by atoms with van der Waals surface area (Å²) in [5, 5.41) is 18.0. The summed E-state index contributed by atoms with van der Waals surface area (Å²) in [5.74, 6) is 0.704. The fourth-order valence-corrected chi connectivity index (χ4v) is 2.96. The zero-order valence-electron chi connectivity index (χ0n) is 16.3. The van der Waals surface area contributed by atoms with E-state index in [1.54, 1.807) is 11.6 Å². The third-order valence-corrected chi connectivity index (χ3v) is 4.61. The van der Waals surface area contributed by atoms with Gasteiger partial charge in [0.25, 0.3) is 0 Å². The number of aryl methyl sites for hydroxylation is 1. The van der Waals surface area contributed by atoms with Gasteiger partial charge in [0.05, 0.1) is 11.4 Å². The van der Waals surface area contributed by atoms with E-state index in [0.29, 0.717) is 5.92 Å². The number of aliphatic hydroxyl groups excluding tert-OH is 1. The van der Waals surface area contributed by atoms with Gasteiger partial charge in [0.2, 0.25) is 0 Å². The van der Waals surface area contributed by atoms with Gasteiger partial charge in [0.1, 0.15) is 11.9 Å². The van der Waals surface area contributed by atoms with Gasteiger partial charge in [-0.15, -0.1) is 0 Å². The van der Waals surface area contributed by atoms with Gasteiger partial charge in [0, 0.05) is 12.7 Å². The summed E-state index contributed by atoms with van der Waals surface area (Å²) in [7, 11) is 0. The lowest BCUT2D eigenvalue weighted by Crippen LogP contribution is -2.26. The first-order chi connectivity index (χ1) is 12.5. The van der Waals surface area contributed by atoms with Crippen molar-refractivity contribution in [3.05, 3.63) is 41.4 Å². The fourth-order valence-electron chi connectivity index (χ4n) is 2.96. The minimum atomic E-state index is -1.08. The van der Waals surface area contributed by atoms with Crippen LogP contribution in [0.3, 0.4) is 0 Å². The Morgan fingerprint density at radius 1 is 1.35 bits per heavy atom. The average Bonchev–Trinajstić information content (AvgIpc) is 2.99. The highest BCUT2D eigenvalue weighted by molar-refractivity contribution is 5.57. The van der Waals surface area contributed by atoms with Crippen LogP contribution in [0.4, 0.5) is 0 Å². The molecule has 144 valence electrons. The minimum Gasteiger partial charge on any atom is -0.373 e. The van der Waals surface area contributed by atoms with Crippen LogP contribution in [0.2, 0.25) is 0 Å². The lowest BCUT2D eigenvalue weighted by Gasteiger charge is -2.21. The first-order valence-electron chi connectivity index (χ1n) is 9.46. The summed E-state index contributed by atoms with van der Waals surface area (Å²) >= 11 is 0. The Hall–Kier alpha value is -1.73. The second-order valence-corrected chi connectivity index (χ2v) is 7.03. The van der Waals surface area contributed by atoms with E-state index in [1.807, 2.05) is 18.3 Å². The predicted octanol–water partition coefficient (Wildman–Crippen LogP) is 3.08. The van der Waals surface area contributed by atoms with Crippen LogP contribution < -0.4 is 5.48 Å². The van der Waals surface area contributed by atoms with Crippen LogP contribution in [-0.4, -0.2) is 43.9 Å². The van der Waals surface area contributed by atoms with E-state index in [1.165, 1.54) is 18.2 Å². The number of hydroxylamine groups is 1. The summed E-state index contributed by atoms with van der Waals surface area (Å²) < 4.78 is 2.16. The zero-order valence-corrected chi connectivity index (χ0v) is 16.3. The lowest BCUT2D eigenvalue weighted by molar-refractivity contribution is 0.0323. The molecule has 0 aromatic carbocycles. The number of nitrogens with one attached hydrogen (secondary N) is 1. The molecule has 6 heteroatoms. The molecule has 0 spiro atoms. The minimum absolute atomic E-state index is 0.704. The number of hydrogen-bond acceptors (Lipinski definition) is 5. The van der Waals surface area contributed by atoms with Crippen molar-refractivity contribution >= 4 is 11.7 Å². The van der Waals surface area contributed by atoms with E-state index in [4.69, 9.17) is 10.2 Å². The molecule has 0 saturated heterocycles. The molecule has 0 saturated carbocycles. The fraction of sp³-hybridized carbons (Fsp3) is 0.550. The standard InChI is InChI=1S/C20H32N4O2/c1-5-17-18(14-23(6-2)11-9-15(3)4)24-12-10-16(13-19(24)21-17)7-8-20(25)22-26/h7-8,10,12-13,15,20,22,25-26H,5-6,9,11,14H2,1-4H3. The number of aromatic nitrogens is 2. The van der Waals surface area contributed by atoms with Crippen LogP contribution in [0.1, 0.15) is 51.1 Å². The first kappa shape index (κ1) is 20.6. The van der Waals surface area contributed by atoms with Crippen LogP contribution >= 0.6 is 0 Å². The second-order valence-electron chi connectivity index (χ2n) is 7.03. The number of nitrogens with zero attached hydrogens (tertiary/aromatic N) is 3. The highest BCUT2D eigenvalue weighted by atomic mass is 16.5. The Morgan fingerprint density at radius 2 is 2.12 bits per heavy atom. The molecule has 6 nitrogen and oxygen atoms in total. The Labute approximate surface area is 156 Å². The summed E-state index contributed by atoms with van der Waals surface area (Å²) in [6.07, 6.45) is 6.30. The molecule has 2 aromatic rings. The van der Waals surface area contributed by atoms with Crippen LogP contribution in [0.5, 0.6) is 0 Å². The largest absolute Gasteiger partial charge is 0.373 e. The molecule has 0 amide bonds. The van der Waals surface area contributed by atoms with Crippen molar-refractivity contribution in [3.8, 4) is 0 Å². The smallest absolute Gasteiger partial charge is 0.146 e. The molecule has 0 aliphatic rings. The SMILES string of the molecule is CCc1nc2cc(C=CC(O)NO)ccn2c1CN(CC)CCC(C)C. The number of hydrogen-bond donors (Lipinski definition) is 3. The maximum absolute atomic E-state index is 9.36. The van der Waals surface area contributed by atoms with Gasteiger partial charge in [-0.25, -0.2) is 4.98 Å². The molecule has 3 N–H and O–H groups in total. The highest BCUT2D eigenvalue weighted by Gasteiger charge is 2.14. The average molecular weight is 361 g/mol. The molecule has 0 aliphatic heterocycles. The van der Waals surface area contributed by atoms with E-state index in [-0.39, 0.29) is 0 Å². The summed E-state index contributed by atoms with van der Waals surface area (Å²) in [6, 6.07) is 3.98. The number of imidazole rings is 1. The van der Waals surface area contributed by atoms with E-state index < -0.39 is 6.23 Å². The Morgan fingerprint density at radius 3 is 2.73 bits per heavy atom. The van der Waals surface area contributed by atoms with Gasteiger partial charge < -0.3 is 14.7 Å². The maximum atomic E-state index is 9.36. The molecule has 2 aromatic heterocycles. The van der Waals surface area contributed by atoms with Crippen molar-refractivity contribution in [3.63, 3.8) is 0 Å². The molecule has 2 rings (SSSR count). The van der Waals surface area contributed by atoms with E-state index in [0.717, 1.165) is 43.0 Å². The molecule has 1 unspecified atom stereocenters. The van der Waals surface area contributed by atoms with E-state index in [9.17, 15) is 5.11 Å². The first-order valence-corrected chi connectivity index (χ1v) is 9.46. The van der Waals surface area contributed by atoms with Crippen molar-refractivity contribution in [2.75, 3.05) is 13.1 Å². The van der Waals surface area contributed by atoms with Crippen molar-refractivity contribution in [1.29, 1.82) is 0 Å². The summed E-state index contributed by atoms with van der Waals surface area (Å²) in [5.41, 5.74) is 6.00. The number of rotatable bonds is 10. The molecule has 0 aliphatic carbocycles. The highest BCUT2D eigenvalue weighted by Crippen LogP contribution is 2.18.